The molecular weight excluding hydrogens is 378 g/mol. The summed E-state index contributed by atoms with van der Waals surface area (Å²) in [6.07, 6.45) is 0.749. The topological polar surface area (TPSA) is 20.3 Å². The number of hydrogen-bond acceptors (Lipinski definition) is 1. The van der Waals surface area contributed by atoms with Gasteiger partial charge in [-0.15, -0.1) is 0 Å². The minimum absolute atomic E-state index is 0.0383. The Morgan fingerprint density at radius 2 is 1.06 bits per heavy atom. The van der Waals surface area contributed by atoms with Crippen molar-refractivity contribution < 1.29 is 4.79 Å². The molecule has 0 saturated carbocycles. The van der Waals surface area contributed by atoms with Crippen LogP contribution in [0.4, 0.5) is 5.69 Å². The predicted octanol–water partition coefficient (Wildman–Crippen LogP) is 6.78. The van der Waals surface area contributed by atoms with E-state index in [0.717, 1.165) is 39.9 Å². The monoisotopic (exact) mass is 401 g/mol. The summed E-state index contributed by atoms with van der Waals surface area (Å²) in [6, 6.07) is 40.6. The second-order valence-corrected chi connectivity index (χ2v) is 7.73. The van der Waals surface area contributed by atoms with Gasteiger partial charge in [0.2, 0.25) is 0 Å². The smallest absolute Gasteiger partial charge is 0.259 e. The fourth-order valence-electron chi connectivity index (χ4n) is 4.41. The van der Waals surface area contributed by atoms with Gasteiger partial charge in [0.05, 0.1) is 11.6 Å². The van der Waals surface area contributed by atoms with Crippen molar-refractivity contribution >= 4 is 22.7 Å². The van der Waals surface area contributed by atoms with E-state index in [1.165, 1.54) is 0 Å². The number of benzene rings is 4. The van der Waals surface area contributed by atoms with Gasteiger partial charge in [-0.1, -0.05) is 109 Å². The maximum absolute atomic E-state index is 14.2. The highest BCUT2D eigenvalue weighted by Crippen LogP contribution is 2.44. The predicted molar refractivity (Wildman–Crippen MR) is 127 cm³/mol. The molecule has 150 valence electrons. The average molecular weight is 402 g/mol. The van der Waals surface area contributed by atoms with Crippen molar-refractivity contribution in [2.45, 2.75) is 12.5 Å². The Morgan fingerprint density at radius 1 is 0.581 bits per heavy atom. The second-order valence-electron chi connectivity index (χ2n) is 7.73. The van der Waals surface area contributed by atoms with Crippen molar-refractivity contribution in [1.82, 2.24) is 0 Å². The zero-order valence-electron chi connectivity index (χ0n) is 17.2. The second kappa shape index (κ2) is 8.45. The summed E-state index contributed by atoms with van der Waals surface area (Å²) in [6.45, 7) is 0. The van der Waals surface area contributed by atoms with Gasteiger partial charge in [0.1, 0.15) is 0 Å². The molecule has 1 unspecified atom stereocenters. The van der Waals surface area contributed by atoms with Crippen LogP contribution in [0.5, 0.6) is 0 Å². The van der Waals surface area contributed by atoms with E-state index in [9.17, 15) is 4.79 Å². The van der Waals surface area contributed by atoms with Crippen LogP contribution >= 0.6 is 0 Å². The number of anilines is 1. The van der Waals surface area contributed by atoms with E-state index in [1.807, 2.05) is 102 Å². The zero-order valence-corrected chi connectivity index (χ0v) is 17.2. The van der Waals surface area contributed by atoms with Gasteiger partial charge in [-0.2, -0.15) is 0 Å². The van der Waals surface area contributed by atoms with Crippen LogP contribution in [0.25, 0.3) is 11.1 Å². The molecule has 0 aromatic heterocycles. The molecule has 1 aliphatic heterocycles. The molecule has 1 atom stereocenters. The van der Waals surface area contributed by atoms with Gasteiger partial charge in [-0.3, -0.25) is 4.79 Å². The summed E-state index contributed by atoms with van der Waals surface area (Å²) in [5.74, 6) is 0.0383. The molecule has 0 N–H and O–H groups in total. The lowest BCUT2D eigenvalue weighted by Crippen LogP contribution is -2.39. The molecule has 4 aromatic carbocycles. The van der Waals surface area contributed by atoms with Crippen molar-refractivity contribution in [3.63, 3.8) is 0 Å². The highest BCUT2D eigenvalue weighted by molar-refractivity contribution is 6.33. The number of para-hydroxylation sites is 1. The van der Waals surface area contributed by atoms with Crippen molar-refractivity contribution in [3.8, 4) is 0 Å². The molecule has 4 aromatic rings. The SMILES string of the molecule is O=C1C(c2ccccc2)=C(c2ccccc2)CC(c2ccccc2)N1c1ccccc1. The molecule has 0 fully saturated rings. The first-order valence-electron chi connectivity index (χ1n) is 10.6. The van der Waals surface area contributed by atoms with Gasteiger partial charge in [0.15, 0.2) is 0 Å². The lowest BCUT2D eigenvalue weighted by atomic mass is 9.83. The number of carbonyl (C=O) groups is 1. The standard InChI is InChI=1S/C29H23NO/c31-29-28(24-17-9-3-10-18-24)26(22-13-5-1-6-14-22)21-27(23-15-7-2-8-16-23)30(29)25-19-11-4-12-20-25/h1-20,27H,21H2. The Hall–Kier alpha value is -3.91. The van der Waals surface area contributed by atoms with E-state index in [-0.39, 0.29) is 11.9 Å². The third kappa shape index (κ3) is 3.69. The highest BCUT2D eigenvalue weighted by Gasteiger charge is 2.37. The first-order chi connectivity index (χ1) is 15.3. The van der Waals surface area contributed by atoms with E-state index < -0.39 is 0 Å². The molecule has 5 rings (SSSR count). The Balaban J connectivity index is 1.75. The molecule has 0 saturated heterocycles. The summed E-state index contributed by atoms with van der Waals surface area (Å²) in [7, 11) is 0. The Kier molecular flexibility index (Phi) is 5.20. The molecule has 1 heterocycles. The Morgan fingerprint density at radius 3 is 1.65 bits per heavy atom. The minimum atomic E-state index is -0.0706. The first-order valence-corrected chi connectivity index (χ1v) is 10.6. The number of rotatable bonds is 4. The molecule has 2 nitrogen and oxygen atoms in total. The number of nitrogens with zero attached hydrogens (tertiary/aromatic N) is 1. The summed E-state index contributed by atoms with van der Waals surface area (Å²) < 4.78 is 0. The van der Waals surface area contributed by atoms with Gasteiger partial charge in [0, 0.05) is 5.69 Å². The van der Waals surface area contributed by atoms with Gasteiger partial charge < -0.3 is 4.90 Å². The highest BCUT2D eigenvalue weighted by atomic mass is 16.2. The van der Waals surface area contributed by atoms with E-state index in [2.05, 4.69) is 24.3 Å². The molecule has 1 amide bonds. The molecule has 0 aliphatic carbocycles. The summed E-state index contributed by atoms with van der Waals surface area (Å²) >= 11 is 0. The van der Waals surface area contributed by atoms with E-state index >= 15 is 0 Å². The van der Waals surface area contributed by atoms with E-state index in [1.54, 1.807) is 0 Å². The number of carbonyl (C=O) groups excluding carboxylic acids is 1. The van der Waals surface area contributed by atoms with Crippen LogP contribution in [0.3, 0.4) is 0 Å². The summed E-state index contributed by atoms with van der Waals surface area (Å²) in [5.41, 5.74) is 5.99. The minimum Gasteiger partial charge on any atom is -0.301 e. The van der Waals surface area contributed by atoms with Crippen LogP contribution in [0.1, 0.15) is 29.2 Å². The summed E-state index contributed by atoms with van der Waals surface area (Å²) in [4.78, 5) is 16.1. The van der Waals surface area contributed by atoms with Crippen LogP contribution in [0, 0.1) is 0 Å². The normalized spacial score (nSPS) is 16.5. The molecule has 1 aliphatic rings. The van der Waals surface area contributed by atoms with Crippen LogP contribution in [0.2, 0.25) is 0 Å². The van der Waals surface area contributed by atoms with Crippen LogP contribution in [0.15, 0.2) is 121 Å². The molecule has 2 heteroatoms. The molecule has 0 bridgehead atoms. The molecular formula is C29H23NO. The Labute approximate surface area is 183 Å². The molecule has 0 radical (unpaired) electrons. The Bertz CT molecular complexity index is 1200. The van der Waals surface area contributed by atoms with Crippen LogP contribution < -0.4 is 4.90 Å². The van der Waals surface area contributed by atoms with E-state index in [4.69, 9.17) is 0 Å². The van der Waals surface area contributed by atoms with Gasteiger partial charge in [-0.25, -0.2) is 0 Å². The quantitative estimate of drug-likeness (QED) is 0.369. The first kappa shape index (κ1) is 19.1. The van der Waals surface area contributed by atoms with Gasteiger partial charge >= 0.3 is 0 Å². The number of hydrogen-bond donors (Lipinski definition) is 0. The van der Waals surface area contributed by atoms with Crippen molar-refractivity contribution in [2.24, 2.45) is 0 Å². The van der Waals surface area contributed by atoms with E-state index in [0.29, 0.717) is 0 Å². The van der Waals surface area contributed by atoms with Crippen molar-refractivity contribution in [3.05, 3.63) is 138 Å². The zero-order chi connectivity index (χ0) is 21.0. The van der Waals surface area contributed by atoms with Gasteiger partial charge in [-0.05, 0) is 40.8 Å². The fraction of sp³-hybridized carbons (Fsp3) is 0.0690. The number of amides is 1. The largest absolute Gasteiger partial charge is 0.301 e. The van der Waals surface area contributed by atoms with Crippen molar-refractivity contribution in [2.75, 3.05) is 4.90 Å². The summed E-state index contributed by atoms with van der Waals surface area (Å²) in [5, 5.41) is 0. The third-order valence-electron chi connectivity index (χ3n) is 5.85. The average Bonchev–Trinajstić information content (AvgIpc) is 2.85. The van der Waals surface area contributed by atoms with Crippen molar-refractivity contribution in [1.29, 1.82) is 0 Å². The molecule has 31 heavy (non-hydrogen) atoms. The lowest BCUT2D eigenvalue weighted by molar-refractivity contribution is -0.114. The fourth-order valence-corrected chi connectivity index (χ4v) is 4.41. The van der Waals surface area contributed by atoms with Gasteiger partial charge in [0.25, 0.3) is 5.91 Å². The maximum Gasteiger partial charge on any atom is 0.259 e. The third-order valence-corrected chi connectivity index (χ3v) is 5.85. The van der Waals surface area contributed by atoms with Crippen LogP contribution in [-0.2, 0) is 4.79 Å². The lowest BCUT2D eigenvalue weighted by Gasteiger charge is -2.38. The van der Waals surface area contributed by atoms with Crippen LogP contribution in [-0.4, -0.2) is 5.91 Å². The maximum atomic E-state index is 14.2. The molecule has 0 spiro atoms.